The first kappa shape index (κ1) is 16.5. The van der Waals surface area contributed by atoms with Crippen LogP contribution < -0.4 is 0 Å². The van der Waals surface area contributed by atoms with Crippen LogP contribution in [0.5, 0.6) is 0 Å². The number of hydrogen-bond donors (Lipinski definition) is 0. The molecule has 0 N–H and O–H groups in total. The molecule has 6 heteroatoms. The molecule has 0 bridgehead atoms. The summed E-state index contributed by atoms with van der Waals surface area (Å²) in [4.78, 5) is 9.79. The second kappa shape index (κ2) is 6.72. The molecule has 0 radical (unpaired) electrons. The fourth-order valence-corrected chi connectivity index (χ4v) is 3.47. The summed E-state index contributed by atoms with van der Waals surface area (Å²) in [7, 11) is 0. The maximum absolute atomic E-state index is 6.44. The number of nitrogens with zero attached hydrogens (tertiary/aromatic N) is 4. The molecule has 2 heterocycles. The van der Waals surface area contributed by atoms with E-state index in [4.69, 9.17) is 21.6 Å². The summed E-state index contributed by atoms with van der Waals surface area (Å²) < 4.78 is 2.81. The normalized spacial score (nSPS) is 11.2. The molecular formula is C19H14ClIN4. The summed E-state index contributed by atoms with van der Waals surface area (Å²) in [5, 5.41) is 5.13. The maximum atomic E-state index is 6.44. The smallest absolute Gasteiger partial charge is 0.123 e. The zero-order chi connectivity index (χ0) is 17.4. The van der Waals surface area contributed by atoms with Gasteiger partial charge >= 0.3 is 0 Å². The molecule has 25 heavy (non-hydrogen) atoms. The van der Waals surface area contributed by atoms with Gasteiger partial charge in [-0.3, -0.25) is 4.68 Å². The van der Waals surface area contributed by atoms with E-state index < -0.39 is 0 Å². The first-order chi connectivity index (χ1) is 12.1. The van der Waals surface area contributed by atoms with Crippen LogP contribution in [-0.4, -0.2) is 19.7 Å². The number of halogens is 2. The number of aromatic nitrogens is 4. The van der Waals surface area contributed by atoms with Gasteiger partial charge in [0, 0.05) is 11.8 Å². The van der Waals surface area contributed by atoms with Gasteiger partial charge in [-0.25, -0.2) is 9.97 Å². The third-order valence-corrected chi connectivity index (χ3v) is 4.92. The predicted octanol–water partition coefficient (Wildman–Crippen LogP) is 5.11. The molecule has 4 rings (SSSR count). The number of aryl methyl sites for hydroxylation is 1. The van der Waals surface area contributed by atoms with Gasteiger partial charge < -0.3 is 0 Å². The molecule has 0 unspecified atom stereocenters. The quantitative estimate of drug-likeness (QED) is 0.399. The Hall–Kier alpha value is -1.99. The van der Waals surface area contributed by atoms with Crippen molar-refractivity contribution in [2.24, 2.45) is 0 Å². The Morgan fingerprint density at radius 2 is 1.88 bits per heavy atom. The topological polar surface area (TPSA) is 43.6 Å². The molecule has 2 aromatic heterocycles. The fourth-order valence-electron chi connectivity index (χ4n) is 2.81. The second-order valence-corrected chi connectivity index (χ2v) is 7.29. The van der Waals surface area contributed by atoms with Crippen LogP contribution >= 0.6 is 34.2 Å². The molecule has 0 aliphatic carbocycles. The van der Waals surface area contributed by atoms with E-state index in [9.17, 15) is 0 Å². The lowest BCUT2D eigenvalue weighted by Gasteiger charge is -2.12. The Bertz CT molecular complexity index is 1070. The molecule has 0 saturated carbocycles. The lowest BCUT2D eigenvalue weighted by molar-refractivity contribution is 0.669. The Balaban J connectivity index is 1.95. The highest BCUT2D eigenvalue weighted by atomic mass is 127. The first-order valence-electron chi connectivity index (χ1n) is 7.82. The second-order valence-electron chi connectivity index (χ2n) is 5.78. The average Bonchev–Trinajstić information content (AvgIpc) is 3.00. The molecule has 0 aliphatic rings. The van der Waals surface area contributed by atoms with Crippen LogP contribution in [0.2, 0.25) is 5.02 Å². The van der Waals surface area contributed by atoms with Gasteiger partial charge in [0.2, 0.25) is 0 Å². The van der Waals surface area contributed by atoms with E-state index in [2.05, 4.69) is 27.7 Å². The molecule has 0 saturated heterocycles. The maximum Gasteiger partial charge on any atom is 0.123 e. The highest BCUT2D eigenvalue weighted by Gasteiger charge is 2.15. The SMILES string of the molecule is Cc1cccc2nc(Cn3ccc(I)n3)c(-c3ccccc3Cl)nc12. The molecule has 2 aromatic carbocycles. The Kier molecular flexibility index (Phi) is 4.43. The van der Waals surface area contributed by atoms with Crippen LogP contribution in [0.15, 0.2) is 54.7 Å². The molecule has 0 aliphatic heterocycles. The third-order valence-electron chi connectivity index (χ3n) is 4.02. The summed E-state index contributed by atoms with van der Waals surface area (Å²) in [6.45, 7) is 2.59. The van der Waals surface area contributed by atoms with Crippen molar-refractivity contribution in [3.05, 3.63) is 74.7 Å². The summed E-state index contributed by atoms with van der Waals surface area (Å²) in [5.41, 5.74) is 5.42. The minimum atomic E-state index is 0.542. The molecule has 124 valence electrons. The highest BCUT2D eigenvalue weighted by Crippen LogP contribution is 2.30. The number of hydrogen-bond acceptors (Lipinski definition) is 3. The minimum Gasteiger partial charge on any atom is -0.266 e. The van der Waals surface area contributed by atoms with Crippen molar-refractivity contribution in [1.29, 1.82) is 0 Å². The molecule has 0 atom stereocenters. The van der Waals surface area contributed by atoms with Gasteiger partial charge in [0.15, 0.2) is 0 Å². The van der Waals surface area contributed by atoms with Crippen molar-refractivity contribution in [1.82, 2.24) is 19.7 Å². The van der Waals surface area contributed by atoms with E-state index in [1.54, 1.807) is 0 Å². The van der Waals surface area contributed by atoms with Crippen molar-refractivity contribution >= 4 is 45.2 Å². The van der Waals surface area contributed by atoms with Crippen LogP contribution in [-0.2, 0) is 6.54 Å². The van der Waals surface area contributed by atoms with Gasteiger partial charge in [-0.1, -0.05) is 41.9 Å². The van der Waals surface area contributed by atoms with Crippen molar-refractivity contribution in [2.75, 3.05) is 0 Å². The van der Waals surface area contributed by atoms with Gasteiger partial charge in [-0.05, 0) is 53.3 Å². The van der Waals surface area contributed by atoms with Crippen molar-refractivity contribution in [3.8, 4) is 11.3 Å². The number of para-hydroxylation sites is 1. The van der Waals surface area contributed by atoms with Crippen LogP contribution in [0.1, 0.15) is 11.3 Å². The number of rotatable bonds is 3. The van der Waals surface area contributed by atoms with Crippen LogP contribution in [0, 0.1) is 10.6 Å². The standard InChI is InChI=1S/C19H14ClIN4/c1-12-5-4-8-15-18(12)23-19(13-6-2-3-7-14(13)20)16(22-15)11-25-10-9-17(21)24-25/h2-10H,11H2,1H3. The van der Waals surface area contributed by atoms with Crippen LogP contribution in [0.3, 0.4) is 0 Å². The summed E-state index contributed by atoms with van der Waals surface area (Å²) in [6.07, 6.45) is 1.94. The Morgan fingerprint density at radius 3 is 2.64 bits per heavy atom. The first-order valence-corrected chi connectivity index (χ1v) is 9.27. The van der Waals surface area contributed by atoms with Gasteiger partial charge in [0.1, 0.15) is 3.70 Å². The molecule has 4 nitrogen and oxygen atoms in total. The van der Waals surface area contributed by atoms with E-state index in [0.717, 1.165) is 37.2 Å². The Labute approximate surface area is 164 Å². The lowest BCUT2D eigenvalue weighted by Crippen LogP contribution is -2.07. The zero-order valence-electron chi connectivity index (χ0n) is 13.4. The molecular weight excluding hydrogens is 447 g/mol. The van der Waals surface area contributed by atoms with E-state index in [1.807, 2.05) is 66.3 Å². The monoisotopic (exact) mass is 460 g/mol. The van der Waals surface area contributed by atoms with Gasteiger partial charge in [0.25, 0.3) is 0 Å². The predicted molar refractivity (Wildman–Crippen MR) is 109 cm³/mol. The third kappa shape index (κ3) is 3.26. The molecule has 4 aromatic rings. The fraction of sp³-hybridized carbons (Fsp3) is 0.105. The highest BCUT2D eigenvalue weighted by molar-refractivity contribution is 14.1. The summed E-state index contributed by atoms with van der Waals surface area (Å²) >= 11 is 8.64. The minimum absolute atomic E-state index is 0.542. The van der Waals surface area contributed by atoms with E-state index in [0.29, 0.717) is 11.6 Å². The van der Waals surface area contributed by atoms with Gasteiger partial charge in [-0.15, -0.1) is 0 Å². The van der Waals surface area contributed by atoms with Gasteiger partial charge in [0.05, 0.1) is 34.0 Å². The van der Waals surface area contributed by atoms with Crippen molar-refractivity contribution in [2.45, 2.75) is 13.5 Å². The van der Waals surface area contributed by atoms with Crippen LogP contribution in [0.4, 0.5) is 0 Å². The average molecular weight is 461 g/mol. The van der Waals surface area contributed by atoms with Crippen molar-refractivity contribution in [3.63, 3.8) is 0 Å². The molecule has 0 amide bonds. The van der Waals surface area contributed by atoms with Gasteiger partial charge in [-0.2, -0.15) is 5.10 Å². The largest absolute Gasteiger partial charge is 0.266 e. The van der Waals surface area contributed by atoms with Crippen LogP contribution in [0.25, 0.3) is 22.3 Å². The summed E-state index contributed by atoms with van der Waals surface area (Å²) in [5.74, 6) is 0. The molecule has 0 fully saturated rings. The zero-order valence-corrected chi connectivity index (χ0v) is 16.4. The Morgan fingerprint density at radius 1 is 1.04 bits per heavy atom. The molecule has 0 spiro atoms. The van der Waals surface area contributed by atoms with E-state index in [1.165, 1.54) is 0 Å². The van der Waals surface area contributed by atoms with Crippen molar-refractivity contribution < 1.29 is 0 Å². The van der Waals surface area contributed by atoms with E-state index >= 15 is 0 Å². The number of fused-ring (bicyclic) bond motifs is 1. The lowest BCUT2D eigenvalue weighted by atomic mass is 10.1. The summed E-state index contributed by atoms with van der Waals surface area (Å²) in [6, 6.07) is 15.7. The van der Waals surface area contributed by atoms with E-state index in [-0.39, 0.29) is 0 Å². The number of benzene rings is 2.